The molecule has 0 saturated heterocycles. The van der Waals surface area contributed by atoms with Gasteiger partial charge in [-0.1, -0.05) is 29.5 Å². The molecule has 0 bridgehead atoms. The second kappa shape index (κ2) is 7.00. The molecule has 4 rings (SSSR count). The number of amides is 1. The fraction of sp³-hybridized carbons (Fsp3) is 0.150. The zero-order valence-electron chi connectivity index (χ0n) is 15.3. The van der Waals surface area contributed by atoms with E-state index in [0.29, 0.717) is 21.5 Å². The SMILES string of the molecule is Cc1cccc(C)c1C(=O)Nc1nnc(-c2cc3cc(C(F)(F)F)ccc3o2)s1. The first-order valence-corrected chi connectivity index (χ1v) is 9.36. The van der Waals surface area contributed by atoms with Gasteiger partial charge < -0.3 is 4.42 Å². The number of halogens is 3. The van der Waals surface area contributed by atoms with Crippen LogP contribution in [0.3, 0.4) is 0 Å². The van der Waals surface area contributed by atoms with Crippen LogP contribution in [0.4, 0.5) is 18.3 Å². The van der Waals surface area contributed by atoms with Crippen LogP contribution >= 0.6 is 11.3 Å². The van der Waals surface area contributed by atoms with E-state index in [0.717, 1.165) is 34.6 Å². The average Bonchev–Trinajstić information content (AvgIpc) is 3.26. The standard InChI is InChI=1S/C20H14F3N3O2S/c1-10-4-3-5-11(2)16(10)17(27)24-19-26-25-18(29-19)15-9-12-8-13(20(21,22)23)6-7-14(12)28-15/h3-9H,1-2H3,(H,24,26,27). The van der Waals surface area contributed by atoms with Crippen molar-refractivity contribution < 1.29 is 22.4 Å². The first-order valence-electron chi connectivity index (χ1n) is 8.54. The van der Waals surface area contributed by atoms with Crippen molar-refractivity contribution in [1.29, 1.82) is 0 Å². The Morgan fingerprint density at radius 2 is 1.79 bits per heavy atom. The Morgan fingerprint density at radius 3 is 2.48 bits per heavy atom. The monoisotopic (exact) mass is 417 g/mol. The highest BCUT2D eigenvalue weighted by Crippen LogP contribution is 2.35. The first-order chi connectivity index (χ1) is 13.7. The fourth-order valence-corrected chi connectivity index (χ4v) is 3.72. The van der Waals surface area contributed by atoms with Crippen LogP contribution in [-0.2, 0) is 6.18 Å². The lowest BCUT2D eigenvalue weighted by atomic mass is 10.0. The van der Waals surface area contributed by atoms with Crippen molar-refractivity contribution in [1.82, 2.24) is 10.2 Å². The van der Waals surface area contributed by atoms with Gasteiger partial charge in [-0.25, -0.2) is 0 Å². The molecule has 0 fully saturated rings. The number of hydrogen-bond donors (Lipinski definition) is 1. The Balaban J connectivity index is 1.60. The van der Waals surface area contributed by atoms with Gasteiger partial charge in [-0.3, -0.25) is 10.1 Å². The average molecular weight is 417 g/mol. The minimum atomic E-state index is -4.43. The van der Waals surface area contributed by atoms with E-state index in [-0.39, 0.29) is 16.8 Å². The summed E-state index contributed by atoms with van der Waals surface area (Å²) in [7, 11) is 0. The van der Waals surface area contributed by atoms with Gasteiger partial charge in [0, 0.05) is 10.9 Å². The number of anilines is 1. The minimum Gasteiger partial charge on any atom is -0.453 e. The molecule has 5 nitrogen and oxygen atoms in total. The predicted molar refractivity (Wildman–Crippen MR) is 104 cm³/mol. The normalized spacial score (nSPS) is 11.8. The van der Waals surface area contributed by atoms with Crippen LogP contribution in [0, 0.1) is 13.8 Å². The number of aryl methyl sites for hydroxylation is 2. The Hall–Kier alpha value is -3.20. The van der Waals surface area contributed by atoms with Crippen LogP contribution < -0.4 is 5.32 Å². The van der Waals surface area contributed by atoms with Crippen LogP contribution in [0.15, 0.2) is 46.9 Å². The van der Waals surface area contributed by atoms with Crippen molar-refractivity contribution in [3.05, 3.63) is 64.7 Å². The second-order valence-electron chi connectivity index (χ2n) is 6.49. The van der Waals surface area contributed by atoms with E-state index >= 15 is 0 Å². The number of nitrogens with one attached hydrogen (secondary N) is 1. The summed E-state index contributed by atoms with van der Waals surface area (Å²) in [6.07, 6.45) is -4.43. The highest BCUT2D eigenvalue weighted by molar-refractivity contribution is 7.18. The Bertz CT molecular complexity index is 1210. The van der Waals surface area contributed by atoms with E-state index in [2.05, 4.69) is 15.5 Å². The van der Waals surface area contributed by atoms with Crippen molar-refractivity contribution in [3.8, 4) is 10.8 Å². The number of carbonyl (C=O) groups is 1. The molecule has 0 atom stereocenters. The molecule has 0 aliphatic heterocycles. The first kappa shape index (κ1) is 19.1. The number of rotatable bonds is 3. The lowest BCUT2D eigenvalue weighted by Gasteiger charge is -2.08. The van der Waals surface area contributed by atoms with Gasteiger partial charge in [0.25, 0.3) is 5.91 Å². The van der Waals surface area contributed by atoms with Crippen molar-refractivity contribution in [2.75, 3.05) is 5.32 Å². The number of aromatic nitrogens is 2. The van der Waals surface area contributed by atoms with Crippen LogP contribution in [0.2, 0.25) is 0 Å². The van der Waals surface area contributed by atoms with Gasteiger partial charge in [-0.05, 0) is 49.2 Å². The molecule has 29 heavy (non-hydrogen) atoms. The van der Waals surface area contributed by atoms with Crippen LogP contribution in [0.5, 0.6) is 0 Å². The third-order valence-corrected chi connectivity index (χ3v) is 5.26. The van der Waals surface area contributed by atoms with E-state index < -0.39 is 11.7 Å². The van der Waals surface area contributed by atoms with E-state index in [1.165, 1.54) is 12.1 Å². The Labute approximate surface area is 167 Å². The summed E-state index contributed by atoms with van der Waals surface area (Å²) in [5, 5.41) is 11.6. The van der Waals surface area contributed by atoms with E-state index in [1.54, 1.807) is 0 Å². The topological polar surface area (TPSA) is 68.0 Å². The zero-order valence-corrected chi connectivity index (χ0v) is 16.1. The predicted octanol–water partition coefficient (Wildman–Crippen LogP) is 5.84. The quantitative estimate of drug-likeness (QED) is 0.455. The summed E-state index contributed by atoms with van der Waals surface area (Å²) >= 11 is 1.08. The number of hydrogen-bond acceptors (Lipinski definition) is 5. The molecule has 0 saturated carbocycles. The molecule has 4 aromatic rings. The number of furan rings is 1. The van der Waals surface area contributed by atoms with Crippen molar-refractivity contribution in [3.63, 3.8) is 0 Å². The largest absolute Gasteiger partial charge is 0.453 e. The molecule has 2 heterocycles. The van der Waals surface area contributed by atoms with E-state index in [1.807, 2.05) is 32.0 Å². The molecule has 1 N–H and O–H groups in total. The maximum absolute atomic E-state index is 12.9. The van der Waals surface area contributed by atoms with Gasteiger partial charge in [0.05, 0.1) is 5.56 Å². The summed E-state index contributed by atoms with van der Waals surface area (Å²) in [6, 6.07) is 10.3. The maximum atomic E-state index is 12.9. The molecule has 2 aromatic heterocycles. The third-order valence-electron chi connectivity index (χ3n) is 4.41. The highest BCUT2D eigenvalue weighted by atomic mass is 32.1. The lowest BCUT2D eigenvalue weighted by molar-refractivity contribution is -0.137. The molecule has 9 heteroatoms. The van der Waals surface area contributed by atoms with Gasteiger partial charge in [0.15, 0.2) is 10.8 Å². The van der Waals surface area contributed by atoms with Gasteiger partial charge in [0.2, 0.25) is 5.13 Å². The molecule has 0 spiro atoms. The van der Waals surface area contributed by atoms with Crippen LogP contribution in [-0.4, -0.2) is 16.1 Å². The Kier molecular flexibility index (Phi) is 4.62. The van der Waals surface area contributed by atoms with Crippen molar-refractivity contribution in [2.45, 2.75) is 20.0 Å². The molecular weight excluding hydrogens is 403 g/mol. The summed E-state index contributed by atoms with van der Waals surface area (Å²) in [4.78, 5) is 12.6. The fourth-order valence-electron chi connectivity index (χ4n) is 3.03. The number of carbonyl (C=O) groups excluding carboxylic acids is 1. The van der Waals surface area contributed by atoms with Gasteiger partial charge >= 0.3 is 6.18 Å². The molecule has 0 aliphatic carbocycles. The van der Waals surface area contributed by atoms with Gasteiger partial charge in [0.1, 0.15) is 5.58 Å². The number of nitrogens with zero attached hydrogens (tertiary/aromatic N) is 2. The number of benzene rings is 2. The molecule has 2 aromatic carbocycles. The summed E-state index contributed by atoms with van der Waals surface area (Å²) < 4.78 is 44.2. The number of fused-ring (bicyclic) bond motifs is 1. The van der Waals surface area contributed by atoms with E-state index in [9.17, 15) is 18.0 Å². The maximum Gasteiger partial charge on any atom is 0.416 e. The minimum absolute atomic E-state index is 0.268. The van der Waals surface area contributed by atoms with Crippen molar-refractivity contribution in [2.24, 2.45) is 0 Å². The van der Waals surface area contributed by atoms with E-state index in [4.69, 9.17) is 4.42 Å². The smallest absolute Gasteiger partial charge is 0.416 e. The summed E-state index contributed by atoms with van der Waals surface area (Å²) in [6.45, 7) is 3.69. The third kappa shape index (κ3) is 3.73. The number of alkyl halides is 3. The molecule has 1 amide bonds. The molecule has 0 aliphatic rings. The molecule has 0 radical (unpaired) electrons. The van der Waals surface area contributed by atoms with Gasteiger partial charge in [-0.15, -0.1) is 10.2 Å². The molecule has 148 valence electrons. The Morgan fingerprint density at radius 1 is 1.07 bits per heavy atom. The highest BCUT2D eigenvalue weighted by Gasteiger charge is 2.30. The van der Waals surface area contributed by atoms with Crippen molar-refractivity contribution >= 4 is 33.3 Å². The second-order valence-corrected chi connectivity index (χ2v) is 7.47. The van der Waals surface area contributed by atoms with Gasteiger partial charge in [-0.2, -0.15) is 13.2 Å². The molecular formula is C20H14F3N3O2S. The van der Waals surface area contributed by atoms with Crippen LogP contribution in [0.1, 0.15) is 27.0 Å². The summed E-state index contributed by atoms with van der Waals surface area (Å²) in [5.41, 5.74) is 1.79. The summed E-state index contributed by atoms with van der Waals surface area (Å²) in [5.74, 6) is -0.0212. The zero-order chi connectivity index (χ0) is 20.8. The van der Waals surface area contributed by atoms with Crippen LogP contribution in [0.25, 0.3) is 21.7 Å². The lowest BCUT2D eigenvalue weighted by Crippen LogP contribution is -2.14. The molecule has 0 unspecified atom stereocenters.